The average Bonchev–Trinajstić information content (AvgIpc) is 2.74. The van der Waals surface area contributed by atoms with Crippen LogP contribution in [0.3, 0.4) is 0 Å². The minimum absolute atomic E-state index is 0.616. The molecule has 3 nitrogen and oxygen atoms in total. The van der Waals surface area contributed by atoms with Gasteiger partial charge in [0.15, 0.2) is 0 Å². The molecule has 3 heteroatoms. The second kappa shape index (κ2) is 4.41. The topological polar surface area (TPSA) is 34.4 Å². The predicted octanol–water partition coefficient (Wildman–Crippen LogP) is 2.12. The number of benzene rings is 1. The molecule has 0 aliphatic rings. The van der Waals surface area contributed by atoms with Crippen LogP contribution in [-0.2, 0) is 7.05 Å². The standard InChI is InChI=1S/C13H15NO2/c1-14-8-4-7-12(14)13(15)10-5-3-6-11(9-10)16-2/h3-9,13,15H,1-2H3. The Morgan fingerprint density at radius 3 is 2.69 bits per heavy atom. The molecule has 0 radical (unpaired) electrons. The molecule has 84 valence electrons. The normalized spacial score (nSPS) is 12.4. The second-order valence-electron chi connectivity index (χ2n) is 3.72. The van der Waals surface area contributed by atoms with Gasteiger partial charge in [-0.3, -0.25) is 0 Å². The smallest absolute Gasteiger partial charge is 0.119 e. The molecule has 0 bridgehead atoms. The summed E-state index contributed by atoms with van der Waals surface area (Å²) in [5, 5.41) is 10.2. The van der Waals surface area contributed by atoms with Gasteiger partial charge in [0.25, 0.3) is 0 Å². The number of ether oxygens (including phenoxy) is 1. The number of aryl methyl sites for hydroxylation is 1. The van der Waals surface area contributed by atoms with Gasteiger partial charge in [0.2, 0.25) is 0 Å². The van der Waals surface area contributed by atoms with E-state index in [0.29, 0.717) is 0 Å². The van der Waals surface area contributed by atoms with E-state index in [9.17, 15) is 5.11 Å². The largest absolute Gasteiger partial charge is 0.497 e. The molecule has 0 spiro atoms. The molecule has 1 unspecified atom stereocenters. The molecule has 0 saturated carbocycles. The summed E-state index contributed by atoms with van der Waals surface area (Å²) >= 11 is 0. The van der Waals surface area contributed by atoms with Crippen LogP contribution in [0.15, 0.2) is 42.6 Å². The van der Waals surface area contributed by atoms with Gasteiger partial charge in [0.05, 0.1) is 12.8 Å². The summed E-state index contributed by atoms with van der Waals surface area (Å²) in [6.45, 7) is 0. The zero-order valence-corrected chi connectivity index (χ0v) is 9.42. The maximum Gasteiger partial charge on any atom is 0.119 e. The van der Waals surface area contributed by atoms with Crippen LogP contribution in [0.1, 0.15) is 17.4 Å². The number of rotatable bonds is 3. The fourth-order valence-corrected chi connectivity index (χ4v) is 1.74. The Morgan fingerprint density at radius 1 is 1.25 bits per heavy atom. The van der Waals surface area contributed by atoms with Crippen LogP contribution < -0.4 is 4.74 Å². The van der Waals surface area contributed by atoms with E-state index in [4.69, 9.17) is 4.74 Å². The first kappa shape index (κ1) is 10.8. The first-order valence-electron chi connectivity index (χ1n) is 5.15. The van der Waals surface area contributed by atoms with Crippen molar-refractivity contribution in [2.75, 3.05) is 7.11 Å². The average molecular weight is 217 g/mol. The Labute approximate surface area is 94.9 Å². The third kappa shape index (κ3) is 1.95. The molecule has 1 aromatic heterocycles. The van der Waals surface area contributed by atoms with Crippen molar-refractivity contribution in [1.82, 2.24) is 4.57 Å². The van der Waals surface area contributed by atoms with Gasteiger partial charge in [-0.1, -0.05) is 12.1 Å². The number of aromatic nitrogens is 1. The SMILES string of the molecule is COc1cccc(C(O)c2cccn2C)c1. The molecule has 1 N–H and O–H groups in total. The molecule has 0 saturated heterocycles. The summed E-state index contributed by atoms with van der Waals surface area (Å²) < 4.78 is 7.04. The van der Waals surface area contributed by atoms with Crippen LogP contribution in [0.5, 0.6) is 5.75 Å². The quantitative estimate of drug-likeness (QED) is 0.854. The van der Waals surface area contributed by atoms with E-state index in [-0.39, 0.29) is 0 Å². The molecule has 0 aliphatic carbocycles. The first-order valence-corrected chi connectivity index (χ1v) is 5.15. The summed E-state index contributed by atoms with van der Waals surface area (Å²) in [6.07, 6.45) is 1.30. The summed E-state index contributed by atoms with van der Waals surface area (Å²) in [4.78, 5) is 0. The van der Waals surface area contributed by atoms with Crippen molar-refractivity contribution in [3.63, 3.8) is 0 Å². The maximum atomic E-state index is 10.2. The molecular formula is C13H15NO2. The Balaban J connectivity index is 2.33. The number of aliphatic hydroxyl groups excluding tert-OH is 1. The van der Waals surface area contributed by atoms with Crippen molar-refractivity contribution in [2.24, 2.45) is 7.05 Å². The minimum Gasteiger partial charge on any atom is -0.497 e. The highest BCUT2D eigenvalue weighted by Gasteiger charge is 2.13. The van der Waals surface area contributed by atoms with Crippen molar-refractivity contribution >= 4 is 0 Å². The molecule has 2 aromatic rings. The molecule has 1 aromatic carbocycles. The summed E-state index contributed by atoms with van der Waals surface area (Å²) in [5.74, 6) is 0.755. The highest BCUT2D eigenvalue weighted by Crippen LogP contribution is 2.24. The van der Waals surface area contributed by atoms with E-state index < -0.39 is 6.10 Å². The lowest BCUT2D eigenvalue weighted by molar-refractivity contribution is 0.211. The van der Waals surface area contributed by atoms with Gasteiger partial charge < -0.3 is 14.4 Å². The van der Waals surface area contributed by atoms with Gasteiger partial charge in [-0.2, -0.15) is 0 Å². The molecule has 0 fully saturated rings. The third-order valence-electron chi connectivity index (χ3n) is 2.67. The minimum atomic E-state index is -0.616. The van der Waals surface area contributed by atoms with Crippen LogP contribution in [0.4, 0.5) is 0 Å². The summed E-state index contributed by atoms with van der Waals surface area (Å²) in [5.41, 5.74) is 1.70. The maximum absolute atomic E-state index is 10.2. The fourth-order valence-electron chi connectivity index (χ4n) is 1.74. The van der Waals surface area contributed by atoms with Crippen LogP contribution in [-0.4, -0.2) is 16.8 Å². The summed E-state index contributed by atoms with van der Waals surface area (Å²) in [6, 6.07) is 11.3. The van der Waals surface area contributed by atoms with Gasteiger partial charge in [-0.25, -0.2) is 0 Å². The number of hydrogen-bond acceptors (Lipinski definition) is 2. The van der Waals surface area contributed by atoms with Crippen molar-refractivity contribution in [3.8, 4) is 5.75 Å². The van der Waals surface area contributed by atoms with E-state index in [0.717, 1.165) is 17.0 Å². The highest BCUT2D eigenvalue weighted by atomic mass is 16.5. The van der Waals surface area contributed by atoms with Gasteiger partial charge >= 0.3 is 0 Å². The zero-order valence-electron chi connectivity index (χ0n) is 9.42. The van der Waals surface area contributed by atoms with Crippen molar-refractivity contribution in [2.45, 2.75) is 6.10 Å². The Kier molecular flexibility index (Phi) is 2.97. The Bertz CT molecular complexity index is 476. The van der Waals surface area contributed by atoms with Gasteiger partial charge in [0.1, 0.15) is 11.9 Å². The number of methoxy groups -OCH3 is 1. The molecule has 16 heavy (non-hydrogen) atoms. The van der Waals surface area contributed by atoms with E-state index >= 15 is 0 Å². The number of aliphatic hydroxyl groups is 1. The Morgan fingerprint density at radius 2 is 2.06 bits per heavy atom. The predicted molar refractivity (Wildman–Crippen MR) is 62.5 cm³/mol. The van der Waals surface area contributed by atoms with Crippen molar-refractivity contribution in [3.05, 3.63) is 53.9 Å². The van der Waals surface area contributed by atoms with Crippen molar-refractivity contribution in [1.29, 1.82) is 0 Å². The first-order chi connectivity index (χ1) is 7.72. The molecule has 0 aliphatic heterocycles. The van der Waals surface area contributed by atoms with Crippen LogP contribution in [0, 0.1) is 0 Å². The highest BCUT2D eigenvalue weighted by molar-refractivity contribution is 5.33. The van der Waals surface area contributed by atoms with E-state index in [1.54, 1.807) is 7.11 Å². The second-order valence-corrected chi connectivity index (χ2v) is 3.72. The lowest BCUT2D eigenvalue weighted by Gasteiger charge is -2.13. The van der Waals surface area contributed by atoms with Gasteiger partial charge in [-0.15, -0.1) is 0 Å². The van der Waals surface area contributed by atoms with Gasteiger partial charge in [0, 0.05) is 13.2 Å². The monoisotopic (exact) mass is 217 g/mol. The third-order valence-corrected chi connectivity index (χ3v) is 2.67. The molecule has 0 amide bonds. The van der Waals surface area contributed by atoms with Crippen molar-refractivity contribution < 1.29 is 9.84 Å². The van der Waals surface area contributed by atoms with E-state index in [1.165, 1.54) is 0 Å². The summed E-state index contributed by atoms with van der Waals surface area (Å²) in [7, 11) is 3.53. The molecule has 1 heterocycles. The number of nitrogens with zero attached hydrogens (tertiary/aromatic N) is 1. The number of hydrogen-bond donors (Lipinski definition) is 1. The lowest BCUT2D eigenvalue weighted by atomic mass is 10.1. The molecule has 1 atom stereocenters. The fraction of sp³-hybridized carbons (Fsp3) is 0.231. The van der Waals surface area contributed by atoms with Crippen LogP contribution in [0.25, 0.3) is 0 Å². The molecular weight excluding hydrogens is 202 g/mol. The Hall–Kier alpha value is -1.74. The molecule has 2 rings (SSSR count). The van der Waals surface area contributed by atoms with E-state index in [1.807, 2.05) is 54.2 Å². The van der Waals surface area contributed by atoms with E-state index in [2.05, 4.69) is 0 Å². The van der Waals surface area contributed by atoms with Crippen LogP contribution >= 0.6 is 0 Å². The van der Waals surface area contributed by atoms with Crippen LogP contribution in [0.2, 0.25) is 0 Å². The van der Waals surface area contributed by atoms with Gasteiger partial charge in [-0.05, 0) is 29.8 Å². The zero-order chi connectivity index (χ0) is 11.5. The lowest BCUT2D eigenvalue weighted by Crippen LogP contribution is -2.05.